The van der Waals surface area contributed by atoms with Crippen LogP contribution in [0.4, 0.5) is 0 Å². The Labute approximate surface area is 128 Å². The molecule has 0 radical (unpaired) electrons. The standard InChI is InChI=1S/C18H27N3/c1-14-12-17(14)20-18(19-2)21-10-8-16(9-11-21)13-15-6-4-3-5-7-15/h3-7,14,16-17H,8-13H2,1-2H3,(H,19,20). The molecule has 1 N–H and O–H groups in total. The number of nitrogens with zero attached hydrogens (tertiary/aromatic N) is 2. The van der Waals surface area contributed by atoms with Crippen LogP contribution in [0.1, 0.15) is 31.7 Å². The van der Waals surface area contributed by atoms with E-state index in [1.165, 1.54) is 31.2 Å². The number of hydrogen-bond donors (Lipinski definition) is 1. The number of benzene rings is 1. The Kier molecular flexibility index (Phi) is 4.47. The molecule has 1 saturated carbocycles. The quantitative estimate of drug-likeness (QED) is 0.683. The first-order valence-corrected chi connectivity index (χ1v) is 8.28. The van der Waals surface area contributed by atoms with E-state index in [1.807, 2.05) is 7.05 Å². The zero-order chi connectivity index (χ0) is 14.7. The zero-order valence-electron chi connectivity index (χ0n) is 13.3. The molecule has 0 spiro atoms. The summed E-state index contributed by atoms with van der Waals surface area (Å²) in [5.74, 6) is 2.75. The third kappa shape index (κ3) is 3.78. The molecular formula is C18H27N3. The molecule has 1 aromatic carbocycles. The van der Waals surface area contributed by atoms with E-state index in [1.54, 1.807) is 0 Å². The van der Waals surface area contributed by atoms with Gasteiger partial charge in [-0.05, 0) is 43.1 Å². The fourth-order valence-corrected chi connectivity index (χ4v) is 3.28. The van der Waals surface area contributed by atoms with Crippen molar-refractivity contribution >= 4 is 5.96 Å². The maximum absolute atomic E-state index is 4.47. The summed E-state index contributed by atoms with van der Waals surface area (Å²) < 4.78 is 0. The highest BCUT2D eigenvalue weighted by atomic mass is 15.3. The van der Waals surface area contributed by atoms with Crippen molar-refractivity contribution in [2.24, 2.45) is 16.8 Å². The number of likely N-dealkylation sites (tertiary alicyclic amines) is 1. The van der Waals surface area contributed by atoms with Gasteiger partial charge in [-0.3, -0.25) is 4.99 Å². The van der Waals surface area contributed by atoms with Crippen LogP contribution in [0.2, 0.25) is 0 Å². The molecule has 2 fully saturated rings. The van der Waals surface area contributed by atoms with Gasteiger partial charge in [-0.1, -0.05) is 37.3 Å². The minimum atomic E-state index is 0.658. The molecule has 1 aliphatic carbocycles. The number of rotatable bonds is 3. The molecule has 0 amide bonds. The highest BCUT2D eigenvalue weighted by molar-refractivity contribution is 5.80. The molecule has 3 nitrogen and oxygen atoms in total. The Balaban J connectivity index is 1.48. The van der Waals surface area contributed by atoms with E-state index in [4.69, 9.17) is 0 Å². The molecule has 2 aliphatic rings. The maximum Gasteiger partial charge on any atom is 0.193 e. The van der Waals surface area contributed by atoms with Gasteiger partial charge in [-0.2, -0.15) is 0 Å². The lowest BCUT2D eigenvalue weighted by Gasteiger charge is -2.34. The Hall–Kier alpha value is -1.51. The molecule has 2 atom stereocenters. The Morgan fingerprint density at radius 3 is 2.48 bits per heavy atom. The van der Waals surface area contributed by atoms with Crippen molar-refractivity contribution in [2.45, 2.75) is 38.6 Å². The van der Waals surface area contributed by atoms with Gasteiger partial charge < -0.3 is 10.2 Å². The van der Waals surface area contributed by atoms with Gasteiger partial charge in [0.15, 0.2) is 5.96 Å². The number of nitrogens with one attached hydrogen (secondary N) is 1. The third-order valence-electron chi connectivity index (χ3n) is 4.92. The van der Waals surface area contributed by atoms with Crippen molar-refractivity contribution in [3.05, 3.63) is 35.9 Å². The van der Waals surface area contributed by atoms with Crippen LogP contribution < -0.4 is 5.32 Å². The van der Waals surface area contributed by atoms with Crippen molar-refractivity contribution in [1.82, 2.24) is 10.2 Å². The predicted molar refractivity (Wildman–Crippen MR) is 88.5 cm³/mol. The van der Waals surface area contributed by atoms with Crippen molar-refractivity contribution in [3.63, 3.8) is 0 Å². The summed E-state index contributed by atoms with van der Waals surface area (Å²) in [5, 5.41) is 3.60. The zero-order valence-corrected chi connectivity index (χ0v) is 13.3. The van der Waals surface area contributed by atoms with Crippen molar-refractivity contribution in [1.29, 1.82) is 0 Å². The summed E-state index contributed by atoms with van der Waals surface area (Å²) in [7, 11) is 1.91. The van der Waals surface area contributed by atoms with Gasteiger partial charge in [0.1, 0.15) is 0 Å². The second kappa shape index (κ2) is 6.50. The van der Waals surface area contributed by atoms with Crippen molar-refractivity contribution in [3.8, 4) is 0 Å². The first-order chi connectivity index (χ1) is 10.3. The Bertz CT molecular complexity index is 474. The molecular weight excluding hydrogens is 258 g/mol. The molecule has 2 unspecified atom stereocenters. The van der Waals surface area contributed by atoms with Crippen LogP contribution in [-0.2, 0) is 6.42 Å². The topological polar surface area (TPSA) is 27.6 Å². The largest absolute Gasteiger partial charge is 0.353 e. The Morgan fingerprint density at radius 2 is 1.90 bits per heavy atom. The van der Waals surface area contributed by atoms with Gasteiger partial charge in [0.2, 0.25) is 0 Å². The number of hydrogen-bond acceptors (Lipinski definition) is 1. The van der Waals surface area contributed by atoms with E-state index in [2.05, 4.69) is 52.5 Å². The molecule has 1 saturated heterocycles. The second-order valence-corrected chi connectivity index (χ2v) is 6.63. The molecule has 114 valence electrons. The first kappa shape index (κ1) is 14.4. The lowest BCUT2D eigenvalue weighted by atomic mass is 9.90. The van der Waals surface area contributed by atoms with Crippen LogP contribution in [0, 0.1) is 11.8 Å². The number of piperidine rings is 1. The summed E-state index contributed by atoms with van der Waals surface area (Å²) in [6.07, 6.45) is 5.06. The van der Waals surface area contributed by atoms with Gasteiger partial charge >= 0.3 is 0 Å². The van der Waals surface area contributed by atoms with Crippen molar-refractivity contribution in [2.75, 3.05) is 20.1 Å². The molecule has 0 bridgehead atoms. The minimum Gasteiger partial charge on any atom is -0.353 e. The van der Waals surface area contributed by atoms with Crippen LogP contribution in [0.5, 0.6) is 0 Å². The average molecular weight is 285 g/mol. The molecule has 3 heteroatoms. The van der Waals surface area contributed by atoms with E-state index in [9.17, 15) is 0 Å². The van der Waals surface area contributed by atoms with E-state index >= 15 is 0 Å². The van der Waals surface area contributed by atoms with Gasteiger partial charge in [0, 0.05) is 26.2 Å². The van der Waals surface area contributed by atoms with Gasteiger partial charge in [0.05, 0.1) is 0 Å². The number of aliphatic imine (C=N–C) groups is 1. The summed E-state index contributed by atoms with van der Waals surface area (Å²) in [6.45, 7) is 4.58. The lowest BCUT2D eigenvalue weighted by molar-refractivity contribution is 0.258. The normalized spacial score (nSPS) is 26.8. The van der Waals surface area contributed by atoms with Crippen LogP contribution in [0.25, 0.3) is 0 Å². The summed E-state index contributed by atoms with van der Waals surface area (Å²) >= 11 is 0. The van der Waals surface area contributed by atoms with Gasteiger partial charge in [-0.15, -0.1) is 0 Å². The van der Waals surface area contributed by atoms with Crippen LogP contribution in [-0.4, -0.2) is 37.0 Å². The third-order valence-corrected chi connectivity index (χ3v) is 4.92. The minimum absolute atomic E-state index is 0.658. The first-order valence-electron chi connectivity index (χ1n) is 8.28. The fourth-order valence-electron chi connectivity index (χ4n) is 3.28. The van der Waals surface area contributed by atoms with E-state index in [0.717, 1.165) is 30.9 Å². The maximum atomic E-state index is 4.47. The van der Waals surface area contributed by atoms with Gasteiger partial charge in [0.25, 0.3) is 0 Å². The fraction of sp³-hybridized carbons (Fsp3) is 0.611. The number of guanidine groups is 1. The monoisotopic (exact) mass is 285 g/mol. The molecule has 1 aliphatic heterocycles. The predicted octanol–water partition coefficient (Wildman–Crippen LogP) is 2.92. The molecule has 1 aromatic rings. The van der Waals surface area contributed by atoms with Crippen LogP contribution in [0.3, 0.4) is 0 Å². The average Bonchev–Trinajstić information content (AvgIpc) is 3.22. The summed E-state index contributed by atoms with van der Waals surface area (Å²) in [5.41, 5.74) is 1.48. The SMILES string of the molecule is CN=C(NC1CC1C)N1CCC(Cc2ccccc2)CC1. The van der Waals surface area contributed by atoms with E-state index < -0.39 is 0 Å². The van der Waals surface area contributed by atoms with Crippen LogP contribution >= 0.6 is 0 Å². The molecule has 21 heavy (non-hydrogen) atoms. The highest BCUT2D eigenvalue weighted by Crippen LogP contribution is 2.29. The summed E-state index contributed by atoms with van der Waals surface area (Å²) in [4.78, 5) is 6.90. The molecule has 1 heterocycles. The van der Waals surface area contributed by atoms with Crippen LogP contribution in [0.15, 0.2) is 35.3 Å². The van der Waals surface area contributed by atoms with Crippen molar-refractivity contribution < 1.29 is 0 Å². The lowest BCUT2D eigenvalue weighted by Crippen LogP contribution is -2.46. The highest BCUT2D eigenvalue weighted by Gasteiger charge is 2.34. The smallest absolute Gasteiger partial charge is 0.193 e. The van der Waals surface area contributed by atoms with E-state index in [0.29, 0.717) is 6.04 Å². The second-order valence-electron chi connectivity index (χ2n) is 6.63. The van der Waals surface area contributed by atoms with E-state index in [-0.39, 0.29) is 0 Å². The Morgan fingerprint density at radius 1 is 1.24 bits per heavy atom. The molecule has 3 rings (SSSR count). The van der Waals surface area contributed by atoms with Gasteiger partial charge in [-0.25, -0.2) is 0 Å². The summed E-state index contributed by atoms with van der Waals surface area (Å²) in [6, 6.07) is 11.6. The molecule has 0 aromatic heterocycles.